The van der Waals surface area contributed by atoms with Crippen molar-refractivity contribution in [3.8, 4) is 11.8 Å². The highest BCUT2D eigenvalue weighted by molar-refractivity contribution is 5.70. The summed E-state index contributed by atoms with van der Waals surface area (Å²) in [5.41, 5.74) is -0.283. The highest BCUT2D eigenvalue weighted by Crippen LogP contribution is 2.32. The number of tetrazole rings is 1. The average Bonchev–Trinajstić information content (AvgIpc) is 3.39. The number of H-pyrrole nitrogens is 1. The van der Waals surface area contributed by atoms with Gasteiger partial charge in [0.1, 0.15) is 12.7 Å². The minimum Gasteiger partial charge on any atom is -0.447 e. The normalized spacial score (nSPS) is 17.6. The number of hydrogen-bond donors (Lipinski definition) is 2. The van der Waals surface area contributed by atoms with Crippen LogP contribution in [0.25, 0.3) is 0 Å². The van der Waals surface area contributed by atoms with Crippen LogP contribution in [0.15, 0.2) is 42.5 Å². The second kappa shape index (κ2) is 9.93. The number of aliphatic hydroxyl groups is 1. The van der Waals surface area contributed by atoms with E-state index in [-0.39, 0.29) is 18.7 Å². The maximum absolute atomic E-state index is 14.4. The Labute approximate surface area is 171 Å². The van der Waals surface area contributed by atoms with Gasteiger partial charge >= 0.3 is 12.0 Å². The number of amides is 1. The number of aliphatic hydroxyl groups excluding tert-OH is 1. The number of nitrogens with zero attached hydrogens (tertiary/aromatic N) is 4. The maximum Gasteiger partial charge on any atom is 0.410 e. The van der Waals surface area contributed by atoms with Gasteiger partial charge in [0.05, 0.1) is 6.04 Å². The second-order valence-corrected chi connectivity index (χ2v) is 6.59. The lowest BCUT2D eigenvalue weighted by molar-refractivity contribution is -0.0929. The summed E-state index contributed by atoms with van der Waals surface area (Å²) in [5, 5.41) is 23.4. The molecule has 1 aromatic heterocycles. The molecule has 2 N–H and O–H groups in total. The number of benzene rings is 1. The lowest BCUT2D eigenvalue weighted by atomic mass is 10.0. The van der Waals surface area contributed by atoms with Crippen molar-refractivity contribution in [1.82, 2.24) is 25.5 Å². The van der Waals surface area contributed by atoms with Gasteiger partial charge in [0.25, 0.3) is 0 Å². The van der Waals surface area contributed by atoms with Crippen LogP contribution in [-0.4, -0.2) is 62.0 Å². The van der Waals surface area contributed by atoms with Gasteiger partial charge in [-0.25, -0.2) is 4.79 Å². The van der Waals surface area contributed by atoms with Crippen LogP contribution >= 0.6 is 0 Å². The Bertz CT molecular complexity index is 910. The standard InChI is InChI=1S/C20H21F2N5O3/c21-20(22,15-8-4-3-5-9-15)17(28)12-11-16-14-30-19(29)27(16)13-7-2-1-6-10-18-23-25-26-24-18/h3-5,8-9,11-12,16-17,28H,6-7,10,13-14H2,(H,23,24,25,26)/b12-11+. The van der Waals surface area contributed by atoms with Crippen LogP contribution in [0.1, 0.15) is 24.2 Å². The molecule has 0 saturated carbocycles. The first-order chi connectivity index (χ1) is 14.5. The number of ether oxygens (including phenoxy) is 1. The van der Waals surface area contributed by atoms with Gasteiger partial charge < -0.3 is 9.84 Å². The molecule has 1 aliphatic heterocycles. The van der Waals surface area contributed by atoms with Crippen molar-refractivity contribution in [2.45, 2.75) is 37.3 Å². The quantitative estimate of drug-likeness (QED) is 0.503. The molecule has 158 valence electrons. The molecule has 8 nitrogen and oxygen atoms in total. The predicted molar refractivity (Wildman–Crippen MR) is 102 cm³/mol. The molecule has 2 atom stereocenters. The summed E-state index contributed by atoms with van der Waals surface area (Å²) >= 11 is 0. The summed E-state index contributed by atoms with van der Waals surface area (Å²) in [7, 11) is 0. The van der Waals surface area contributed by atoms with Crippen LogP contribution in [0, 0.1) is 11.8 Å². The van der Waals surface area contributed by atoms with E-state index in [1.54, 1.807) is 6.07 Å². The zero-order valence-electron chi connectivity index (χ0n) is 16.0. The van der Waals surface area contributed by atoms with E-state index in [0.29, 0.717) is 25.1 Å². The van der Waals surface area contributed by atoms with E-state index in [1.807, 2.05) is 0 Å². The minimum absolute atomic E-state index is 0.0320. The number of aryl methyl sites for hydroxylation is 1. The van der Waals surface area contributed by atoms with Crippen molar-refractivity contribution in [3.05, 3.63) is 53.9 Å². The number of alkyl halides is 2. The summed E-state index contributed by atoms with van der Waals surface area (Å²) < 4.78 is 33.7. The highest BCUT2D eigenvalue weighted by Gasteiger charge is 2.39. The number of nitrogens with one attached hydrogen (secondary N) is 1. The molecule has 3 rings (SSSR count). The number of halogens is 2. The summed E-state index contributed by atoms with van der Waals surface area (Å²) in [6.45, 7) is 0.318. The number of carbonyl (C=O) groups excluding carboxylic acids is 1. The van der Waals surface area contributed by atoms with Gasteiger partial charge in [-0.2, -0.15) is 14.0 Å². The Kier molecular flexibility index (Phi) is 7.08. The Morgan fingerprint density at radius 1 is 1.33 bits per heavy atom. The third kappa shape index (κ3) is 5.39. The van der Waals surface area contributed by atoms with E-state index in [2.05, 4.69) is 32.5 Å². The molecule has 10 heteroatoms. The molecular formula is C20H21F2N5O3. The monoisotopic (exact) mass is 417 g/mol. The molecule has 2 heterocycles. The highest BCUT2D eigenvalue weighted by atomic mass is 19.3. The van der Waals surface area contributed by atoms with Crippen LogP contribution in [0.2, 0.25) is 0 Å². The summed E-state index contributed by atoms with van der Waals surface area (Å²) in [4.78, 5) is 13.3. The summed E-state index contributed by atoms with van der Waals surface area (Å²) in [6.07, 6.45) is 1.32. The molecule has 1 aliphatic rings. The first-order valence-electron chi connectivity index (χ1n) is 9.39. The first-order valence-corrected chi connectivity index (χ1v) is 9.39. The largest absolute Gasteiger partial charge is 0.447 e. The lowest BCUT2D eigenvalue weighted by Gasteiger charge is -2.22. The van der Waals surface area contributed by atoms with Gasteiger partial charge in [-0.1, -0.05) is 47.7 Å². The molecule has 1 amide bonds. The van der Waals surface area contributed by atoms with Gasteiger partial charge in [-0.05, 0) is 0 Å². The molecule has 1 aromatic carbocycles. The van der Waals surface area contributed by atoms with Gasteiger partial charge in [0, 0.05) is 31.4 Å². The van der Waals surface area contributed by atoms with E-state index in [9.17, 15) is 18.7 Å². The second-order valence-electron chi connectivity index (χ2n) is 6.59. The van der Waals surface area contributed by atoms with Crippen LogP contribution in [0.5, 0.6) is 0 Å². The van der Waals surface area contributed by atoms with E-state index in [1.165, 1.54) is 35.2 Å². The molecule has 0 aliphatic carbocycles. The van der Waals surface area contributed by atoms with Gasteiger partial charge in [0.2, 0.25) is 0 Å². The summed E-state index contributed by atoms with van der Waals surface area (Å²) in [6, 6.07) is 6.54. The predicted octanol–water partition coefficient (Wildman–Crippen LogP) is 2.06. The topological polar surface area (TPSA) is 104 Å². The Balaban J connectivity index is 1.51. The minimum atomic E-state index is -3.45. The fourth-order valence-electron chi connectivity index (χ4n) is 2.88. The lowest BCUT2D eigenvalue weighted by Crippen LogP contribution is -2.34. The van der Waals surface area contributed by atoms with Crippen LogP contribution in [0.4, 0.5) is 13.6 Å². The van der Waals surface area contributed by atoms with Crippen LogP contribution in [-0.2, 0) is 17.1 Å². The molecule has 0 bridgehead atoms. The summed E-state index contributed by atoms with van der Waals surface area (Å²) in [5.74, 6) is 3.03. The van der Waals surface area contributed by atoms with E-state index in [4.69, 9.17) is 4.74 Å². The van der Waals surface area contributed by atoms with Crippen molar-refractivity contribution in [2.75, 3.05) is 13.2 Å². The van der Waals surface area contributed by atoms with Gasteiger partial charge in [-0.3, -0.25) is 4.90 Å². The van der Waals surface area contributed by atoms with Crippen LogP contribution < -0.4 is 0 Å². The van der Waals surface area contributed by atoms with E-state index >= 15 is 0 Å². The molecule has 0 radical (unpaired) electrons. The molecule has 1 fully saturated rings. The number of aromatic amines is 1. The van der Waals surface area contributed by atoms with Crippen LogP contribution in [0.3, 0.4) is 0 Å². The number of aromatic nitrogens is 4. The Morgan fingerprint density at radius 2 is 2.10 bits per heavy atom. The average molecular weight is 417 g/mol. The van der Waals surface area contributed by atoms with Crippen molar-refractivity contribution >= 4 is 6.09 Å². The fourth-order valence-corrected chi connectivity index (χ4v) is 2.88. The van der Waals surface area contributed by atoms with E-state index < -0.39 is 24.2 Å². The Hall–Kier alpha value is -3.32. The van der Waals surface area contributed by atoms with Crippen molar-refractivity contribution in [3.63, 3.8) is 0 Å². The number of carbonyl (C=O) groups is 1. The zero-order chi connectivity index (χ0) is 21.4. The molecule has 0 spiro atoms. The van der Waals surface area contributed by atoms with Crippen molar-refractivity contribution in [1.29, 1.82) is 0 Å². The van der Waals surface area contributed by atoms with Crippen molar-refractivity contribution in [2.24, 2.45) is 0 Å². The molecule has 2 unspecified atom stereocenters. The smallest absolute Gasteiger partial charge is 0.410 e. The third-order valence-electron chi connectivity index (χ3n) is 4.52. The van der Waals surface area contributed by atoms with Gasteiger partial charge in [0.15, 0.2) is 5.82 Å². The molecule has 1 saturated heterocycles. The number of hydrogen-bond acceptors (Lipinski definition) is 6. The maximum atomic E-state index is 14.4. The SMILES string of the molecule is O=C1OCC(/C=C/C(O)C(F)(F)c2ccccc2)N1CCC#CCCc1nn[nH]n1. The molecule has 30 heavy (non-hydrogen) atoms. The zero-order valence-corrected chi connectivity index (χ0v) is 16.0. The van der Waals surface area contributed by atoms with E-state index in [0.717, 1.165) is 6.08 Å². The number of rotatable bonds is 8. The number of cyclic esters (lactones) is 1. The van der Waals surface area contributed by atoms with Gasteiger partial charge in [-0.15, -0.1) is 22.0 Å². The molecule has 2 aromatic rings. The van der Waals surface area contributed by atoms with Crippen molar-refractivity contribution < 1.29 is 23.4 Å². The molecular weight excluding hydrogens is 396 g/mol. The third-order valence-corrected chi connectivity index (χ3v) is 4.52. The first kappa shape index (κ1) is 21.4. The fraction of sp³-hybridized carbons (Fsp3) is 0.400. The Morgan fingerprint density at radius 3 is 2.83 bits per heavy atom.